The van der Waals surface area contributed by atoms with Gasteiger partial charge in [-0.2, -0.15) is 0 Å². The number of hydrogen-bond donors (Lipinski definition) is 1. The second-order valence-corrected chi connectivity index (χ2v) is 2.36. The lowest BCUT2D eigenvalue weighted by Crippen LogP contribution is -1.88. The van der Waals surface area contributed by atoms with Gasteiger partial charge in [0.05, 0.1) is 7.11 Å². The second kappa shape index (κ2) is 3.39. The van der Waals surface area contributed by atoms with E-state index in [1.54, 1.807) is 13.2 Å². The summed E-state index contributed by atoms with van der Waals surface area (Å²) in [5.41, 5.74) is 1.82. The molecule has 0 aliphatic heterocycles. The zero-order chi connectivity index (χ0) is 8.27. The summed E-state index contributed by atoms with van der Waals surface area (Å²) in [6.45, 7) is 3.01. The molecule has 0 bridgehead atoms. The maximum atomic E-state index is 8.66. The van der Waals surface area contributed by atoms with Crippen LogP contribution in [0.4, 0.5) is 0 Å². The van der Waals surface area contributed by atoms with Crippen molar-refractivity contribution in [2.75, 3.05) is 7.11 Å². The van der Waals surface area contributed by atoms with Crippen LogP contribution in [0.15, 0.2) is 18.2 Å². The van der Waals surface area contributed by atoms with E-state index in [4.69, 9.17) is 9.84 Å². The Morgan fingerprint density at radius 2 is 2.18 bits per heavy atom. The van der Waals surface area contributed by atoms with Gasteiger partial charge in [0.1, 0.15) is 12.4 Å². The molecule has 0 fully saturated rings. The van der Waals surface area contributed by atoms with Crippen LogP contribution in [0, 0.1) is 13.5 Å². The van der Waals surface area contributed by atoms with Crippen LogP contribution >= 0.6 is 0 Å². The molecular formula is C9H11O2. The number of aliphatic hydroxyl groups is 1. The van der Waals surface area contributed by atoms with Gasteiger partial charge in [0.15, 0.2) is 0 Å². The summed E-state index contributed by atoms with van der Waals surface area (Å²) in [5, 5.41) is 8.66. The highest BCUT2D eigenvalue weighted by molar-refractivity contribution is 5.37. The van der Waals surface area contributed by atoms with E-state index in [1.807, 2.05) is 19.1 Å². The quantitative estimate of drug-likeness (QED) is 0.699. The summed E-state index contributed by atoms with van der Waals surface area (Å²) < 4.78 is 5.05. The van der Waals surface area contributed by atoms with Crippen LogP contribution in [0.5, 0.6) is 5.75 Å². The first-order chi connectivity index (χ1) is 5.27. The minimum absolute atomic E-state index is 0.795. The van der Waals surface area contributed by atoms with Gasteiger partial charge in [0, 0.05) is 0 Å². The van der Waals surface area contributed by atoms with E-state index in [2.05, 4.69) is 0 Å². The Morgan fingerprint density at radius 1 is 1.45 bits per heavy atom. The fraction of sp³-hybridized carbons (Fsp3) is 0.222. The van der Waals surface area contributed by atoms with E-state index in [-0.39, 0.29) is 0 Å². The summed E-state index contributed by atoms with van der Waals surface area (Å²) >= 11 is 0. The van der Waals surface area contributed by atoms with Gasteiger partial charge < -0.3 is 9.84 Å². The van der Waals surface area contributed by atoms with Crippen molar-refractivity contribution in [1.82, 2.24) is 0 Å². The van der Waals surface area contributed by atoms with Crippen LogP contribution in [0.1, 0.15) is 11.1 Å². The van der Waals surface area contributed by atoms with Gasteiger partial charge in [-0.05, 0) is 30.2 Å². The molecule has 1 radical (unpaired) electrons. The summed E-state index contributed by atoms with van der Waals surface area (Å²) in [4.78, 5) is 0. The molecule has 1 rings (SSSR count). The summed E-state index contributed by atoms with van der Waals surface area (Å²) in [7, 11) is 1.63. The Bertz CT molecular complexity index is 243. The maximum absolute atomic E-state index is 8.66. The van der Waals surface area contributed by atoms with Crippen LogP contribution < -0.4 is 4.74 Å². The van der Waals surface area contributed by atoms with Gasteiger partial charge >= 0.3 is 0 Å². The number of ether oxygens (including phenoxy) is 1. The average Bonchev–Trinajstić information content (AvgIpc) is 2.04. The Labute approximate surface area is 66.4 Å². The first-order valence-corrected chi connectivity index (χ1v) is 3.40. The Kier molecular flexibility index (Phi) is 2.49. The van der Waals surface area contributed by atoms with Gasteiger partial charge in [-0.1, -0.05) is 6.07 Å². The molecule has 2 heteroatoms. The molecule has 0 saturated heterocycles. The molecule has 0 atom stereocenters. The van der Waals surface area contributed by atoms with E-state index in [0.29, 0.717) is 0 Å². The van der Waals surface area contributed by atoms with Crippen molar-refractivity contribution in [3.05, 3.63) is 35.9 Å². The predicted molar refractivity (Wildman–Crippen MR) is 43.1 cm³/mol. The van der Waals surface area contributed by atoms with Crippen molar-refractivity contribution in [2.24, 2.45) is 0 Å². The average molecular weight is 151 g/mol. The van der Waals surface area contributed by atoms with E-state index in [0.717, 1.165) is 23.5 Å². The summed E-state index contributed by atoms with van der Waals surface area (Å²) in [5.74, 6) is 0.843. The van der Waals surface area contributed by atoms with Crippen molar-refractivity contribution in [3.8, 4) is 5.75 Å². The van der Waals surface area contributed by atoms with E-state index < -0.39 is 0 Å². The lowest BCUT2D eigenvalue weighted by molar-refractivity contribution is 0.407. The van der Waals surface area contributed by atoms with Gasteiger partial charge in [0.2, 0.25) is 0 Å². The molecule has 0 aliphatic rings. The Hall–Kier alpha value is -1.02. The molecule has 0 amide bonds. The Morgan fingerprint density at radius 3 is 2.64 bits per heavy atom. The maximum Gasteiger partial charge on any atom is 0.121 e. The summed E-state index contributed by atoms with van der Waals surface area (Å²) in [6.07, 6.45) is 0. The van der Waals surface area contributed by atoms with Crippen molar-refractivity contribution in [2.45, 2.75) is 6.92 Å². The molecule has 1 aromatic rings. The molecule has 1 N–H and O–H groups in total. The lowest BCUT2D eigenvalue weighted by Gasteiger charge is -2.04. The zero-order valence-corrected chi connectivity index (χ0v) is 6.66. The minimum atomic E-state index is 0.795. The molecular weight excluding hydrogens is 140 g/mol. The zero-order valence-electron chi connectivity index (χ0n) is 6.66. The standard InChI is InChI=1S/C9H11O2/c1-7-5-8(6-10)3-4-9(7)11-2/h3-6,10H,1-2H3. The van der Waals surface area contributed by atoms with E-state index >= 15 is 0 Å². The van der Waals surface area contributed by atoms with Gasteiger partial charge in [-0.25, -0.2) is 0 Å². The molecule has 0 unspecified atom stereocenters. The molecule has 2 nitrogen and oxygen atoms in total. The number of aryl methyl sites for hydroxylation is 1. The van der Waals surface area contributed by atoms with Crippen molar-refractivity contribution in [1.29, 1.82) is 0 Å². The molecule has 0 aromatic heterocycles. The molecule has 1 aromatic carbocycles. The molecule has 59 valence electrons. The highest BCUT2D eigenvalue weighted by atomic mass is 16.5. The third-order valence-electron chi connectivity index (χ3n) is 1.57. The number of rotatable bonds is 2. The third-order valence-corrected chi connectivity index (χ3v) is 1.57. The molecule has 0 heterocycles. The highest BCUT2D eigenvalue weighted by Gasteiger charge is 1.97. The first kappa shape index (κ1) is 8.08. The third kappa shape index (κ3) is 1.71. The highest BCUT2D eigenvalue weighted by Crippen LogP contribution is 2.18. The monoisotopic (exact) mass is 151 g/mol. The SMILES string of the molecule is COc1ccc([CH]O)cc1C. The smallest absolute Gasteiger partial charge is 0.121 e. The molecule has 11 heavy (non-hydrogen) atoms. The van der Waals surface area contributed by atoms with Crippen LogP contribution in [0.2, 0.25) is 0 Å². The fourth-order valence-corrected chi connectivity index (χ4v) is 0.982. The van der Waals surface area contributed by atoms with Crippen LogP contribution in [-0.2, 0) is 0 Å². The van der Waals surface area contributed by atoms with Gasteiger partial charge in [-0.3, -0.25) is 0 Å². The minimum Gasteiger partial charge on any atom is -0.496 e. The molecule has 0 saturated carbocycles. The van der Waals surface area contributed by atoms with Gasteiger partial charge in [-0.15, -0.1) is 0 Å². The van der Waals surface area contributed by atoms with Crippen LogP contribution in [0.25, 0.3) is 0 Å². The van der Waals surface area contributed by atoms with E-state index in [1.165, 1.54) is 0 Å². The first-order valence-electron chi connectivity index (χ1n) is 3.40. The van der Waals surface area contributed by atoms with Crippen molar-refractivity contribution >= 4 is 0 Å². The number of aliphatic hydroxyl groups excluding tert-OH is 1. The van der Waals surface area contributed by atoms with E-state index in [9.17, 15) is 0 Å². The number of hydrogen-bond acceptors (Lipinski definition) is 2. The topological polar surface area (TPSA) is 29.5 Å². The van der Waals surface area contributed by atoms with Crippen molar-refractivity contribution in [3.63, 3.8) is 0 Å². The number of methoxy groups -OCH3 is 1. The normalized spacial score (nSPS) is 9.73. The van der Waals surface area contributed by atoms with Crippen molar-refractivity contribution < 1.29 is 9.84 Å². The largest absolute Gasteiger partial charge is 0.496 e. The number of benzene rings is 1. The second-order valence-electron chi connectivity index (χ2n) is 2.36. The molecule has 0 spiro atoms. The predicted octanol–water partition coefficient (Wildman–Crippen LogP) is 1.89. The Balaban J connectivity index is 2.99. The summed E-state index contributed by atoms with van der Waals surface area (Å²) in [6, 6.07) is 5.49. The van der Waals surface area contributed by atoms with Crippen LogP contribution in [-0.4, -0.2) is 12.2 Å². The molecule has 0 aliphatic carbocycles. The van der Waals surface area contributed by atoms with Crippen LogP contribution in [0.3, 0.4) is 0 Å². The van der Waals surface area contributed by atoms with Gasteiger partial charge in [0.25, 0.3) is 0 Å². The fourth-order valence-electron chi connectivity index (χ4n) is 0.982. The lowest BCUT2D eigenvalue weighted by atomic mass is 10.1.